The van der Waals surface area contributed by atoms with E-state index in [0.29, 0.717) is 29.6 Å². The minimum atomic E-state index is -0.175. The third kappa shape index (κ3) is 2.01. The third-order valence-electron chi connectivity index (χ3n) is 7.56. The van der Waals surface area contributed by atoms with E-state index in [1.54, 1.807) is 6.92 Å². The fourth-order valence-corrected chi connectivity index (χ4v) is 6.73. The number of ketones is 1. The van der Waals surface area contributed by atoms with Crippen molar-refractivity contribution in [3.05, 3.63) is 46.7 Å². The van der Waals surface area contributed by atoms with Gasteiger partial charge in [-0.05, 0) is 86.0 Å². The molecule has 1 aromatic rings. The Morgan fingerprint density at radius 2 is 1.85 bits per heavy atom. The van der Waals surface area contributed by atoms with Crippen molar-refractivity contribution in [1.29, 1.82) is 0 Å². The first-order chi connectivity index (χ1) is 12.5. The molecule has 7 unspecified atom stereocenters. The van der Waals surface area contributed by atoms with Crippen LogP contribution in [0, 0.1) is 55.3 Å². The summed E-state index contributed by atoms with van der Waals surface area (Å²) in [5.41, 5.74) is 7.94. The third-order valence-corrected chi connectivity index (χ3v) is 7.56. The van der Waals surface area contributed by atoms with E-state index in [0.717, 1.165) is 29.7 Å². The fraction of sp³-hybridized carbons (Fsp3) is 0.522. The van der Waals surface area contributed by atoms with Crippen LogP contribution >= 0.6 is 0 Å². The number of rotatable bonds is 3. The highest BCUT2D eigenvalue weighted by Crippen LogP contribution is 2.67. The van der Waals surface area contributed by atoms with E-state index < -0.39 is 0 Å². The molecule has 0 saturated heterocycles. The summed E-state index contributed by atoms with van der Waals surface area (Å²) in [6.45, 7) is 5.72. The number of hydrogen-bond donors (Lipinski definition) is 1. The van der Waals surface area contributed by atoms with E-state index in [4.69, 9.17) is 0 Å². The van der Waals surface area contributed by atoms with Crippen molar-refractivity contribution in [3.8, 4) is 0 Å². The Morgan fingerprint density at radius 1 is 1.12 bits per heavy atom. The lowest BCUT2D eigenvalue weighted by Gasteiger charge is -2.38. The quantitative estimate of drug-likeness (QED) is 0.662. The second kappa shape index (κ2) is 5.44. The van der Waals surface area contributed by atoms with Crippen molar-refractivity contribution in [1.82, 2.24) is 0 Å². The number of carbonyl (C=O) groups is 2. The lowest BCUT2D eigenvalue weighted by molar-refractivity contribution is -0.133. The summed E-state index contributed by atoms with van der Waals surface area (Å²) < 4.78 is 0. The summed E-state index contributed by atoms with van der Waals surface area (Å²) in [4.78, 5) is 25.8. The molecule has 0 aromatic heterocycles. The van der Waals surface area contributed by atoms with E-state index in [2.05, 4.69) is 17.1 Å². The molecule has 4 bridgehead atoms. The highest BCUT2D eigenvalue weighted by molar-refractivity contribution is 5.98. The molecule has 1 amide bonds. The molecule has 3 nitrogen and oxygen atoms in total. The average Bonchev–Trinajstić information content (AvgIpc) is 3.35. The van der Waals surface area contributed by atoms with Gasteiger partial charge in [-0.15, -0.1) is 5.73 Å². The lowest BCUT2D eigenvalue weighted by Crippen LogP contribution is -2.44. The lowest BCUT2D eigenvalue weighted by atomic mass is 9.65. The topological polar surface area (TPSA) is 46.2 Å². The number of para-hydroxylation sites is 1. The van der Waals surface area contributed by atoms with Gasteiger partial charge < -0.3 is 5.32 Å². The Kier molecular flexibility index (Phi) is 3.36. The molecule has 3 saturated carbocycles. The van der Waals surface area contributed by atoms with Crippen LogP contribution in [0.2, 0.25) is 0 Å². The number of hydrogen-bond acceptors (Lipinski definition) is 2. The predicted octanol–water partition coefficient (Wildman–Crippen LogP) is 4.06. The first-order valence-corrected chi connectivity index (χ1v) is 9.80. The zero-order valence-corrected chi connectivity index (χ0v) is 15.6. The number of benzene rings is 1. The number of amides is 1. The molecule has 3 fully saturated rings. The van der Waals surface area contributed by atoms with Gasteiger partial charge in [-0.1, -0.05) is 18.2 Å². The highest BCUT2D eigenvalue weighted by atomic mass is 16.2. The monoisotopic (exact) mass is 347 g/mol. The van der Waals surface area contributed by atoms with Gasteiger partial charge in [0, 0.05) is 11.6 Å². The first-order valence-electron chi connectivity index (χ1n) is 9.80. The minimum absolute atomic E-state index is 0.0503. The van der Waals surface area contributed by atoms with Crippen LogP contribution in [0.3, 0.4) is 0 Å². The molecule has 5 rings (SSSR count). The molecule has 4 aliphatic rings. The summed E-state index contributed by atoms with van der Waals surface area (Å²) >= 11 is 0. The number of aryl methyl sites for hydroxylation is 2. The van der Waals surface area contributed by atoms with E-state index >= 15 is 0 Å². The van der Waals surface area contributed by atoms with E-state index in [-0.39, 0.29) is 23.5 Å². The van der Waals surface area contributed by atoms with Gasteiger partial charge in [0.1, 0.15) is 5.78 Å². The van der Waals surface area contributed by atoms with Crippen LogP contribution in [0.25, 0.3) is 0 Å². The van der Waals surface area contributed by atoms with Crippen LogP contribution in [-0.4, -0.2) is 11.7 Å². The van der Waals surface area contributed by atoms with Crippen molar-refractivity contribution in [3.63, 3.8) is 0 Å². The number of Topliss-reactive ketones (excluding diaryl/α,β-unsaturated/α-hetero) is 1. The van der Waals surface area contributed by atoms with Crippen LogP contribution in [-0.2, 0) is 9.59 Å². The molecule has 1 N–H and O–H groups in total. The number of nitrogens with one attached hydrogen (secondary N) is 1. The number of allylic oxidation sites excluding steroid dienone is 1. The van der Waals surface area contributed by atoms with E-state index in [1.165, 1.54) is 5.57 Å². The largest absolute Gasteiger partial charge is 0.325 e. The summed E-state index contributed by atoms with van der Waals surface area (Å²) in [7, 11) is 0. The van der Waals surface area contributed by atoms with Gasteiger partial charge in [-0.25, -0.2) is 0 Å². The standard InChI is InChI=1S/C23H25NO2/c1-11-5-4-6-12(2)22(11)24-23(26)21-17-10-16(18(21)13(3)25)19-14-7-8-15(9-14)20(17)19/h4-6,8,15-21H,9-10H2,1-3H3,(H,24,26). The molecule has 0 heterocycles. The first kappa shape index (κ1) is 16.1. The minimum Gasteiger partial charge on any atom is -0.325 e. The Hall–Kier alpha value is -2.12. The molecule has 0 aliphatic heterocycles. The maximum absolute atomic E-state index is 13.3. The smallest absolute Gasteiger partial charge is 0.228 e. The van der Waals surface area contributed by atoms with Gasteiger partial charge in [0.25, 0.3) is 0 Å². The van der Waals surface area contributed by atoms with Crippen molar-refractivity contribution in [2.24, 2.45) is 41.4 Å². The van der Waals surface area contributed by atoms with Crippen LogP contribution in [0.1, 0.15) is 30.9 Å². The number of fused-ring (bicyclic) bond motifs is 9. The summed E-state index contributed by atoms with van der Waals surface area (Å²) in [5, 5.41) is 3.19. The van der Waals surface area contributed by atoms with Crippen molar-refractivity contribution >= 4 is 17.4 Å². The molecule has 0 spiro atoms. The molecule has 26 heavy (non-hydrogen) atoms. The maximum atomic E-state index is 13.3. The molecular weight excluding hydrogens is 322 g/mol. The van der Waals surface area contributed by atoms with Gasteiger partial charge in [0.2, 0.25) is 5.91 Å². The van der Waals surface area contributed by atoms with Crippen LogP contribution in [0.15, 0.2) is 35.6 Å². The van der Waals surface area contributed by atoms with E-state index in [9.17, 15) is 9.59 Å². The van der Waals surface area contributed by atoms with Gasteiger partial charge >= 0.3 is 0 Å². The zero-order valence-electron chi connectivity index (χ0n) is 15.6. The van der Waals surface area contributed by atoms with Gasteiger partial charge in [-0.2, -0.15) is 0 Å². The second-order valence-corrected chi connectivity index (χ2v) is 8.79. The van der Waals surface area contributed by atoms with Crippen molar-refractivity contribution in [2.45, 2.75) is 33.6 Å². The molecular formula is C23H25NO2. The number of anilines is 1. The average molecular weight is 347 g/mol. The van der Waals surface area contributed by atoms with Crippen molar-refractivity contribution in [2.75, 3.05) is 5.32 Å². The SMILES string of the molecule is CC(=O)C1C2CC(C1C(=O)Nc1c(C)cccc1C)C1C3C=C=C(C3)C21. The summed E-state index contributed by atoms with van der Waals surface area (Å²) in [6, 6.07) is 6.06. The Balaban J connectivity index is 1.48. The Bertz CT molecular complexity index is 871. The van der Waals surface area contributed by atoms with Gasteiger partial charge in [0.15, 0.2) is 0 Å². The van der Waals surface area contributed by atoms with Crippen LogP contribution in [0.5, 0.6) is 0 Å². The molecule has 0 radical (unpaired) electrons. The summed E-state index contributed by atoms with van der Waals surface area (Å²) in [5.74, 6) is 2.23. The van der Waals surface area contributed by atoms with Gasteiger partial charge in [0.05, 0.1) is 5.92 Å². The Morgan fingerprint density at radius 3 is 2.54 bits per heavy atom. The molecule has 134 valence electrons. The van der Waals surface area contributed by atoms with Crippen LogP contribution < -0.4 is 5.32 Å². The zero-order chi connectivity index (χ0) is 18.2. The van der Waals surface area contributed by atoms with Crippen molar-refractivity contribution < 1.29 is 9.59 Å². The second-order valence-electron chi connectivity index (χ2n) is 8.79. The molecule has 1 aromatic carbocycles. The molecule has 4 aliphatic carbocycles. The number of carbonyl (C=O) groups excluding carboxylic acids is 2. The summed E-state index contributed by atoms with van der Waals surface area (Å²) in [6.07, 6.45) is 4.36. The molecule has 3 heteroatoms. The maximum Gasteiger partial charge on any atom is 0.228 e. The Labute approximate surface area is 154 Å². The van der Waals surface area contributed by atoms with E-state index in [1.807, 2.05) is 32.0 Å². The van der Waals surface area contributed by atoms with Gasteiger partial charge in [-0.3, -0.25) is 9.59 Å². The normalized spacial score (nSPS) is 38.4. The fourth-order valence-electron chi connectivity index (χ4n) is 6.73. The predicted molar refractivity (Wildman–Crippen MR) is 100 cm³/mol. The van der Waals surface area contributed by atoms with Crippen LogP contribution in [0.4, 0.5) is 5.69 Å². The highest BCUT2D eigenvalue weighted by Gasteiger charge is 2.65. The molecule has 7 atom stereocenters.